The molecule has 5 rings (SSSR count). The molecule has 3 heterocycles. The molecule has 0 amide bonds. The number of pyridine rings is 1. The molecule has 5 nitrogen and oxygen atoms in total. The van der Waals surface area contributed by atoms with Crippen LogP contribution in [-0.2, 0) is 13.0 Å². The standard InChI is InChI=1S/C22H21N5S/c23-22-26-20(25-13-16-8-4-5-11-24-16)19-18(15-6-2-1-3-7-15)17(12-14-9-10-14)28-21(19)27-22/h1-8,11,14H,9-10,12-13H2,(H3,23,25,26,27). The van der Waals surface area contributed by atoms with Gasteiger partial charge in [-0.15, -0.1) is 11.3 Å². The van der Waals surface area contributed by atoms with Gasteiger partial charge in [-0.25, -0.2) is 4.98 Å². The minimum absolute atomic E-state index is 0.301. The van der Waals surface area contributed by atoms with Gasteiger partial charge < -0.3 is 11.1 Å². The van der Waals surface area contributed by atoms with Crippen molar-refractivity contribution in [3.05, 3.63) is 65.3 Å². The molecule has 28 heavy (non-hydrogen) atoms. The summed E-state index contributed by atoms with van der Waals surface area (Å²) in [5.74, 6) is 1.88. The van der Waals surface area contributed by atoms with E-state index < -0.39 is 0 Å². The first-order valence-electron chi connectivity index (χ1n) is 9.56. The van der Waals surface area contributed by atoms with E-state index in [9.17, 15) is 0 Å². The predicted molar refractivity (Wildman–Crippen MR) is 115 cm³/mol. The molecule has 140 valence electrons. The molecule has 0 bridgehead atoms. The summed E-state index contributed by atoms with van der Waals surface area (Å²) in [4.78, 5) is 15.8. The molecule has 4 aromatic rings. The van der Waals surface area contributed by atoms with Gasteiger partial charge >= 0.3 is 0 Å². The lowest BCUT2D eigenvalue weighted by Crippen LogP contribution is -2.06. The SMILES string of the molecule is Nc1nc(NCc2ccccn2)c2c(-c3ccccc3)c(CC3CC3)sc2n1. The molecule has 3 aromatic heterocycles. The first-order valence-corrected chi connectivity index (χ1v) is 10.4. The molecular formula is C22H21N5S. The van der Waals surface area contributed by atoms with Gasteiger partial charge in [-0.2, -0.15) is 4.98 Å². The summed E-state index contributed by atoms with van der Waals surface area (Å²) in [6.07, 6.45) is 5.54. The summed E-state index contributed by atoms with van der Waals surface area (Å²) in [5.41, 5.74) is 9.45. The average Bonchev–Trinajstić information content (AvgIpc) is 3.46. The molecule has 1 fully saturated rings. The minimum Gasteiger partial charge on any atom is -0.368 e. The van der Waals surface area contributed by atoms with Crippen molar-refractivity contribution in [1.29, 1.82) is 0 Å². The van der Waals surface area contributed by atoms with E-state index in [4.69, 9.17) is 5.73 Å². The van der Waals surface area contributed by atoms with Crippen molar-refractivity contribution in [2.75, 3.05) is 11.1 Å². The van der Waals surface area contributed by atoms with Crippen LogP contribution < -0.4 is 11.1 Å². The number of hydrogen-bond acceptors (Lipinski definition) is 6. The summed E-state index contributed by atoms with van der Waals surface area (Å²) in [6.45, 7) is 0.592. The monoisotopic (exact) mass is 387 g/mol. The highest BCUT2D eigenvalue weighted by molar-refractivity contribution is 7.19. The molecule has 1 aliphatic rings. The van der Waals surface area contributed by atoms with Gasteiger partial charge in [0.05, 0.1) is 17.6 Å². The Labute approximate surface area is 167 Å². The van der Waals surface area contributed by atoms with Crippen molar-refractivity contribution in [3.63, 3.8) is 0 Å². The van der Waals surface area contributed by atoms with Crippen LogP contribution in [0.1, 0.15) is 23.4 Å². The second kappa shape index (κ2) is 7.20. The lowest BCUT2D eigenvalue weighted by Gasteiger charge is -2.10. The van der Waals surface area contributed by atoms with Crippen LogP contribution >= 0.6 is 11.3 Å². The Kier molecular flexibility index (Phi) is 4.41. The van der Waals surface area contributed by atoms with Gasteiger partial charge in [0.15, 0.2) is 0 Å². The molecule has 3 N–H and O–H groups in total. The fourth-order valence-electron chi connectivity index (χ4n) is 3.51. The number of rotatable bonds is 6. The van der Waals surface area contributed by atoms with Crippen molar-refractivity contribution < 1.29 is 0 Å². The van der Waals surface area contributed by atoms with Gasteiger partial charge in [0.2, 0.25) is 5.95 Å². The maximum Gasteiger partial charge on any atom is 0.223 e. The number of thiophene rings is 1. The number of fused-ring (bicyclic) bond motifs is 1. The third kappa shape index (κ3) is 3.43. The molecule has 6 heteroatoms. The number of nitrogens with two attached hydrogens (primary N) is 1. The second-order valence-electron chi connectivity index (χ2n) is 7.20. The van der Waals surface area contributed by atoms with E-state index in [1.165, 1.54) is 28.8 Å². The molecule has 1 aliphatic carbocycles. The number of nitrogens with zero attached hydrogens (tertiary/aromatic N) is 3. The van der Waals surface area contributed by atoms with E-state index >= 15 is 0 Å². The first-order chi connectivity index (χ1) is 13.8. The molecule has 0 radical (unpaired) electrons. The van der Waals surface area contributed by atoms with Crippen LogP contribution in [0.4, 0.5) is 11.8 Å². The Morgan fingerprint density at radius 3 is 2.61 bits per heavy atom. The zero-order valence-corrected chi connectivity index (χ0v) is 16.2. The molecule has 1 saturated carbocycles. The van der Waals surface area contributed by atoms with E-state index in [1.54, 1.807) is 17.5 Å². The summed E-state index contributed by atoms with van der Waals surface area (Å²) in [7, 11) is 0. The van der Waals surface area contributed by atoms with Crippen molar-refractivity contribution in [3.8, 4) is 11.1 Å². The van der Waals surface area contributed by atoms with Crippen molar-refractivity contribution >= 4 is 33.3 Å². The van der Waals surface area contributed by atoms with E-state index in [0.29, 0.717) is 12.5 Å². The third-order valence-electron chi connectivity index (χ3n) is 5.04. The van der Waals surface area contributed by atoms with Crippen LogP contribution in [0, 0.1) is 5.92 Å². The lowest BCUT2D eigenvalue weighted by atomic mass is 10.0. The molecule has 1 aromatic carbocycles. The number of aromatic nitrogens is 3. The van der Waals surface area contributed by atoms with Crippen molar-refractivity contribution in [2.24, 2.45) is 5.92 Å². The Balaban J connectivity index is 1.63. The Morgan fingerprint density at radius 1 is 1.04 bits per heavy atom. The fourth-order valence-corrected chi connectivity index (χ4v) is 4.82. The zero-order chi connectivity index (χ0) is 18.9. The van der Waals surface area contributed by atoms with E-state index in [0.717, 1.165) is 34.1 Å². The Hall–Kier alpha value is -2.99. The minimum atomic E-state index is 0.301. The largest absolute Gasteiger partial charge is 0.368 e. The smallest absolute Gasteiger partial charge is 0.223 e. The fraction of sp³-hybridized carbons (Fsp3) is 0.227. The lowest BCUT2D eigenvalue weighted by molar-refractivity contribution is 0.848. The number of anilines is 2. The molecule has 0 aliphatic heterocycles. The highest BCUT2D eigenvalue weighted by atomic mass is 32.1. The molecule has 0 saturated heterocycles. The van der Waals surface area contributed by atoms with Crippen molar-refractivity contribution in [2.45, 2.75) is 25.8 Å². The van der Waals surface area contributed by atoms with E-state index in [2.05, 4.69) is 44.5 Å². The topological polar surface area (TPSA) is 76.7 Å². The second-order valence-corrected chi connectivity index (χ2v) is 8.28. The Morgan fingerprint density at radius 2 is 1.86 bits per heavy atom. The maximum atomic E-state index is 6.03. The van der Waals surface area contributed by atoms with Crippen LogP contribution in [-0.4, -0.2) is 15.0 Å². The van der Waals surface area contributed by atoms with Gasteiger partial charge in [0.1, 0.15) is 10.6 Å². The van der Waals surface area contributed by atoms with Gasteiger partial charge in [0.25, 0.3) is 0 Å². The van der Waals surface area contributed by atoms with Crippen LogP contribution in [0.3, 0.4) is 0 Å². The normalized spacial score (nSPS) is 13.7. The van der Waals surface area contributed by atoms with Gasteiger partial charge in [-0.05, 0) is 42.9 Å². The number of benzene rings is 1. The maximum absolute atomic E-state index is 6.03. The molecular weight excluding hydrogens is 366 g/mol. The third-order valence-corrected chi connectivity index (χ3v) is 6.14. The highest BCUT2D eigenvalue weighted by Gasteiger charge is 2.27. The van der Waals surface area contributed by atoms with Gasteiger partial charge in [0, 0.05) is 16.6 Å². The van der Waals surface area contributed by atoms with E-state index in [1.807, 2.05) is 24.3 Å². The average molecular weight is 388 g/mol. The highest BCUT2D eigenvalue weighted by Crippen LogP contribution is 2.45. The molecule has 0 spiro atoms. The van der Waals surface area contributed by atoms with Crippen molar-refractivity contribution in [1.82, 2.24) is 15.0 Å². The van der Waals surface area contributed by atoms with Gasteiger partial charge in [-0.1, -0.05) is 36.4 Å². The van der Waals surface area contributed by atoms with E-state index in [-0.39, 0.29) is 0 Å². The predicted octanol–water partition coefficient (Wildman–Crippen LogP) is 4.90. The number of hydrogen-bond donors (Lipinski definition) is 2. The summed E-state index contributed by atoms with van der Waals surface area (Å²) >= 11 is 1.75. The number of nitrogen functional groups attached to an aromatic ring is 1. The Bertz CT molecular complexity index is 1100. The summed E-state index contributed by atoms with van der Waals surface area (Å²) in [5, 5.41) is 4.52. The van der Waals surface area contributed by atoms with Crippen LogP contribution in [0.25, 0.3) is 21.3 Å². The van der Waals surface area contributed by atoms with Gasteiger partial charge in [-0.3, -0.25) is 4.98 Å². The summed E-state index contributed by atoms with van der Waals surface area (Å²) in [6, 6.07) is 16.4. The molecule has 0 atom stereocenters. The summed E-state index contributed by atoms with van der Waals surface area (Å²) < 4.78 is 0. The van der Waals surface area contributed by atoms with Crippen LogP contribution in [0.15, 0.2) is 54.7 Å². The quantitative estimate of drug-likeness (QED) is 0.492. The first kappa shape index (κ1) is 17.1. The number of nitrogens with one attached hydrogen (secondary N) is 1. The van der Waals surface area contributed by atoms with Crippen LogP contribution in [0.2, 0.25) is 0 Å². The molecule has 0 unspecified atom stereocenters. The van der Waals surface area contributed by atoms with Crippen LogP contribution in [0.5, 0.6) is 0 Å². The zero-order valence-electron chi connectivity index (χ0n) is 15.4.